The van der Waals surface area contributed by atoms with Crippen molar-refractivity contribution in [3.05, 3.63) is 63.3 Å². The van der Waals surface area contributed by atoms with Gasteiger partial charge in [0.25, 0.3) is 0 Å². The van der Waals surface area contributed by atoms with Crippen LogP contribution < -0.4 is 5.11 Å². The van der Waals surface area contributed by atoms with E-state index < -0.39 is 17.5 Å². The lowest BCUT2D eigenvalue weighted by atomic mass is 10.1. The van der Waals surface area contributed by atoms with E-state index in [4.69, 9.17) is 23.2 Å². The highest BCUT2D eigenvalue weighted by atomic mass is 35.5. The Morgan fingerprint density at radius 3 is 2.68 bits per heavy atom. The Bertz CT molecular complexity index is 986. The molecule has 130 valence electrons. The molecular formula is C17H11Cl2F2N2O2-. The molecule has 25 heavy (non-hydrogen) atoms. The summed E-state index contributed by atoms with van der Waals surface area (Å²) in [4.78, 5) is 10.7. The SMILES string of the molecule is Cc1nn(Cc2cccc(Cl)c2Cl)c2cc(C(F)(F)C(=O)[O-])ccc12. The van der Waals surface area contributed by atoms with E-state index in [0.29, 0.717) is 32.2 Å². The highest BCUT2D eigenvalue weighted by molar-refractivity contribution is 6.42. The van der Waals surface area contributed by atoms with E-state index in [9.17, 15) is 18.7 Å². The van der Waals surface area contributed by atoms with Gasteiger partial charge in [-0.2, -0.15) is 13.9 Å². The molecule has 0 atom stereocenters. The van der Waals surface area contributed by atoms with Crippen LogP contribution in [0.2, 0.25) is 10.0 Å². The molecule has 0 aliphatic rings. The summed E-state index contributed by atoms with van der Waals surface area (Å²) in [5.41, 5.74) is 0.984. The number of benzene rings is 2. The number of aryl methyl sites for hydroxylation is 1. The van der Waals surface area contributed by atoms with Crippen molar-refractivity contribution in [3.63, 3.8) is 0 Å². The van der Waals surface area contributed by atoms with Crippen molar-refractivity contribution < 1.29 is 18.7 Å². The van der Waals surface area contributed by atoms with Crippen molar-refractivity contribution in [1.82, 2.24) is 9.78 Å². The van der Waals surface area contributed by atoms with Crippen molar-refractivity contribution in [3.8, 4) is 0 Å². The van der Waals surface area contributed by atoms with Crippen molar-refractivity contribution in [2.45, 2.75) is 19.4 Å². The highest BCUT2D eigenvalue weighted by Crippen LogP contribution is 2.32. The van der Waals surface area contributed by atoms with Gasteiger partial charge in [-0.15, -0.1) is 0 Å². The number of halogens is 4. The molecular weight excluding hydrogens is 373 g/mol. The van der Waals surface area contributed by atoms with Crippen LogP contribution in [0.25, 0.3) is 10.9 Å². The maximum Gasteiger partial charge on any atom is 0.312 e. The van der Waals surface area contributed by atoms with Gasteiger partial charge >= 0.3 is 5.92 Å². The Balaban J connectivity index is 2.12. The minimum atomic E-state index is -4.09. The first-order valence-corrected chi connectivity index (χ1v) is 7.97. The maximum absolute atomic E-state index is 13.8. The number of carbonyl (C=O) groups excluding carboxylic acids is 1. The molecule has 4 nitrogen and oxygen atoms in total. The second-order valence-electron chi connectivity index (χ2n) is 5.55. The summed E-state index contributed by atoms with van der Waals surface area (Å²) < 4.78 is 29.0. The third-order valence-corrected chi connectivity index (χ3v) is 4.76. The highest BCUT2D eigenvalue weighted by Gasteiger charge is 2.34. The third-order valence-electron chi connectivity index (χ3n) is 3.91. The first-order valence-electron chi connectivity index (χ1n) is 7.21. The number of nitrogens with zero attached hydrogens (tertiary/aromatic N) is 2. The number of carboxylic acids is 1. The van der Waals surface area contributed by atoms with Gasteiger partial charge in [0.15, 0.2) is 0 Å². The standard InChI is InChI=1S/C17H12Cl2F2N2O2/c1-9-12-6-5-11(17(20,21)16(24)25)7-14(12)23(22-9)8-10-3-2-4-13(18)15(10)19/h2-7H,8H2,1H3,(H,24,25)/p-1. The van der Waals surface area contributed by atoms with Crippen LogP contribution in [0.3, 0.4) is 0 Å². The molecule has 0 N–H and O–H groups in total. The molecule has 0 aliphatic heterocycles. The lowest BCUT2D eigenvalue weighted by Gasteiger charge is -2.17. The number of hydrogen-bond acceptors (Lipinski definition) is 3. The van der Waals surface area contributed by atoms with Crippen LogP contribution in [-0.2, 0) is 17.3 Å². The number of fused-ring (bicyclic) bond motifs is 1. The van der Waals surface area contributed by atoms with Gasteiger partial charge < -0.3 is 9.90 Å². The van der Waals surface area contributed by atoms with E-state index in [1.165, 1.54) is 10.7 Å². The van der Waals surface area contributed by atoms with Crippen molar-refractivity contribution >= 4 is 40.1 Å². The van der Waals surface area contributed by atoms with Crippen LogP contribution in [0.5, 0.6) is 0 Å². The summed E-state index contributed by atoms with van der Waals surface area (Å²) in [5, 5.41) is 16.4. The molecule has 1 aromatic heterocycles. The van der Waals surface area contributed by atoms with Gasteiger partial charge in [-0.05, 0) is 24.6 Å². The van der Waals surface area contributed by atoms with Crippen LogP contribution in [-0.4, -0.2) is 15.7 Å². The number of rotatable bonds is 4. The fourth-order valence-corrected chi connectivity index (χ4v) is 2.99. The van der Waals surface area contributed by atoms with Crippen LogP contribution in [0, 0.1) is 6.92 Å². The number of aromatic nitrogens is 2. The minimum absolute atomic E-state index is 0.198. The molecule has 0 bridgehead atoms. The normalized spacial score (nSPS) is 11.9. The largest absolute Gasteiger partial charge is 0.544 e. The van der Waals surface area contributed by atoms with E-state index in [0.717, 1.165) is 12.1 Å². The molecule has 3 aromatic rings. The molecule has 3 rings (SSSR count). The lowest BCUT2D eigenvalue weighted by molar-refractivity contribution is -0.331. The van der Waals surface area contributed by atoms with Gasteiger partial charge in [-0.1, -0.05) is 47.5 Å². The Labute approximate surface area is 151 Å². The number of carbonyl (C=O) groups is 1. The van der Waals surface area contributed by atoms with E-state index >= 15 is 0 Å². The number of aliphatic carboxylic acids is 1. The first-order chi connectivity index (χ1) is 11.7. The Morgan fingerprint density at radius 1 is 1.28 bits per heavy atom. The van der Waals surface area contributed by atoms with Gasteiger partial charge in [0.05, 0.1) is 27.8 Å². The number of alkyl halides is 2. The zero-order chi connectivity index (χ0) is 18.4. The Morgan fingerprint density at radius 2 is 2.00 bits per heavy atom. The summed E-state index contributed by atoms with van der Waals surface area (Å²) in [6, 6.07) is 8.68. The fourth-order valence-electron chi connectivity index (χ4n) is 2.61. The second kappa shape index (κ2) is 6.28. The molecule has 0 saturated heterocycles. The van der Waals surface area contributed by atoms with E-state index in [1.807, 2.05) is 0 Å². The smallest absolute Gasteiger partial charge is 0.312 e. The van der Waals surface area contributed by atoms with E-state index in [2.05, 4.69) is 5.10 Å². The molecule has 0 unspecified atom stereocenters. The van der Waals surface area contributed by atoms with Crippen LogP contribution >= 0.6 is 23.2 Å². The lowest BCUT2D eigenvalue weighted by Crippen LogP contribution is -2.39. The molecule has 2 aromatic carbocycles. The molecule has 8 heteroatoms. The summed E-state index contributed by atoms with van der Waals surface area (Å²) >= 11 is 12.2. The average Bonchev–Trinajstić information content (AvgIpc) is 2.87. The van der Waals surface area contributed by atoms with Gasteiger partial charge in [-0.3, -0.25) is 4.68 Å². The molecule has 0 spiro atoms. The second-order valence-corrected chi connectivity index (χ2v) is 6.33. The van der Waals surface area contributed by atoms with Crippen LogP contribution in [0.1, 0.15) is 16.8 Å². The molecule has 0 amide bonds. The Kier molecular flexibility index (Phi) is 4.43. The monoisotopic (exact) mass is 383 g/mol. The van der Waals surface area contributed by atoms with Crippen LogP contribution in [0.15, 0.2) is 36.4 Å². The number of hydrogen-bond donors (Lipinski definition) is 0. The number of carboxylic acid groups (broad SMARTS) is 1. The molecule has 1 heterocycles. The predicted molar refractivity (Wildman–Crippen MR) is 88.9 cm³/mol. The summed E-state index contributed by atoms with van der Waals surface area (Å²) in [6.45, 7) is 1.93. The predicted octanol–water partition coefficient (Wildman–Crippen LogP) is 3.54. The molecule has 0 fully saturated rings. The molecule has 0 saturated carbocycles. The van der Waals surface area contributed by atoms with Gasteiger partial charge in [-0.25, -0.2) is 0 Å². The molecule has 0 radical (unpaired) electrons. The summed E-state index contributed by atoms with van der Waals surface area (Å²) in [7, 11) is 0. The van der Waals surface area contributed by atoms with E-state index in [1.54, 1.807) is 25.1 Å². The topological polar surface area (TPSA) is 58.0 Å². The summed E-state index contributed by atoms with van der Waals surface area (Å²) in [5.74, 6) is -6.54. The van der Waals surface area contributed by atoms with Crippen molar-refractivity contribution in [2.24, 2.45) is 0 Å². The summed E-state index contributed by atoms with van der Waals surface area (Å²) in [6.07, 6.45) is 0. The zero-order valence-electron chi connectivity index (χ0n) is 12.9. The Hall–Kier alpha value is -2.18. The fraction of sp³-hybridized carbons (Fsp3) is 0.176. The zero-order valence-corrected chi connectivity index (χ0v) is 14.4. The van der Waals surface area contributed by atoms with Crippen molar-refractivity contribution in [2.75, 3.05) is 0 Å². The quantitative estimate of drug-likeness (QED) is 0.692. The van der Waals surface area contributed by atoms with Gasteiger partial charge in [0, 0.05) is 10.9 Å². The maximum atomic E-state index is 13.8. The minimum Gasteiger partial charge on any atom is -0.544 e. The molecule has 0 aliphatic carbocycles. The van der Waals surface area contributed by atoms with Gasteiger partial charge in [0.2, 0.25) is 0 Å². The third kappa shape index (κ3) is 3.07. The van der Waals surface area contributed by atoms with E-state index in [-0.39, 0.29) is 6.54 Å². The van der Waals surface area contributed by atoms with Gasteiger partial charge in [0.1, 0.15) is 5.97 Å². The first kappa shape index (κ1) is 17.6. The van der Waals surface area contributed by atoms with Crippen LogP contribution in [0.4, 0.5) is 8.78 Å². The average molecular weight is 384 g/mol. The van der Waals surface area contributed by atoms with Crippen molar-refractivity contribution in [1.29, 1.82) is 0 Å².